The zero-order chi connectivity index (χ0) is 30.4. The van der Waals surface area contributed by atoms with Crippen LogP contribution in [0.1, 0.15) is 45.1 Å². The molecule has 1 aromatic carbocycles. The Hall–Kier alpha value is -3.83. The molecule has 1 saturated carbocycles. The second kappa shape index (κ2) is 13.6. The Kier molecular flexibility index (Phi) is 9.72. The minimum absolute atomic E-state index is 0.128. The largest absolute Gasteiger partial charge is 0.364 e. The van der Waals surface area contributed by atoms with E-state index in [1.165, 1.54) is 17.3 Å². The molecule has 2 atom stereocenters. The van der Waals surface area contributed by atoms with Crippen molar-refractivity contribution in [2.24, 2.45) is 23.0 Å². The van der Waals surface area contributed by atoms with Crippen molar-refractivity contribution in [1.82, 2.24) is 19.8 Å². The van der Waals surface area contributed by atoms with Crippen LogP contribution >= 0.6 is 0 Å². The molecule has 1 aromatic heterocycles. The molecule has 2 unspecified atom stereocenters. The van der Waals surface area contributed by atoms with Gasteiger partial charge in [0.05, 0.1) is 4.92 Å². The van der Waals surface area contributed by atoms with Crippen molar-refractivity contribution >= 4 is 28.9 Å². The van der Waals surface area contributed by atoms with E-state index in [1.54, 1.807) is 6.92 Å². The van der Waals surface area contributed by atoms with Crippen LogP contribution in [0, 0.1) is 27.4 Å². The fraction of sp³-hybridized carbons (Fsp3) is 0.531. The summed E-state index contributed by atoms with van der Waals surface area (Å²) in [4.78, 5) is 36.3. The number of hydrogen-bond donors (Lipinski definition) is 3. The highest BCUT2D eigenvalue weighted by Gasteiger charge is 2.37. The molecule has 0 spiro atoms. The van der Waals surface area contributed by atoms with Crippen molar-refractivity contribution in [3.05, 3.63) is 70.4 Å². The molecule has 0 radical (unpaired) electrons. The monoisotopic (exact) mass is 588 g/mol. The minimum Gasteiger partial charge on any atom is -0.364 e. The number of nitrogens with zero attached hydrogens (tertiary/aromatic N) is 5. The van der Waals surface area contributed by atoms with Crippen LogP contribution in [-0.2, 0) is 4.79 Å². The average molecular weight is 589 g/mol. The van der Waals surface area contributed by atoms with Crippen LogP contribution in [0.3, 0.4) is 0 Å². The van der Waals surface area contributed by atoms with Gasteiger partial charge >= 0.3 is 5.69 Å². The van der Waals surface area contributed by atoms with Crippen LogP contribution in [0.4, 0.5) is 17.5 Å². The highest BCUT2D eigenvalue weighted by molar-refractivity contribution is 5.73. The van der Waals surface area contributed by atoms with Gasteiger partial charge in [0.25, 0.3) is 0 Å². The maximum absolute atomic E-state index is 11.8. The summed E-state index contributed by atoms with van der Waals surface area (Å²) in [7, 11) is 0. The van der Waals surface area contributed by atoms with Gasteiger partial charge in [-0.15, -0.1) is 0 Å². The van der Waals surface area contributed by atoms with E-state index < -0.39 is 4.92 Å². The minimum atomic E-state index is -0.437. The Morgan fingerprint density at radius 3 is 2.49 bits per heavy atom. The van der Waals surface area contributed by atoms with E-state index in [-0.39, 0.29) is 28.7 Å². The fourth-order valence-corrected chi connectivity index (χ4v) is 6.77. The standard InChI is InChI=1S/C32H44N8O3/c1-23-28(26-7-4-3-5-8-26)9-6-14-32(23,21-33)22-36-31-35-20-29(40(42)43)30(37-31)34-19-25-10-12-27(13-11-25)39-17-15-38(16-18-39)24(2)41/h3-9,14,20,23,25,27H,10-13,15-19,21-22,33H2,1-2H3,(H2,34,35,36,37). The average Bonchev–Trinajstić information content (AvgIpc) is 3.04. The molecule has 0 bridgehead atoms. The van der Waals surface area contributed by atoms with Gasteiger partial charge in [-0.3, -0.25) is 19.8 Å². The van der Waals surface area contributed by atoms with Crippen molar-refractivity contribution < 1.29 is 9.72 Å². The summed E-state index contributed by atoms with van der Waals surface area (Å²) in [6, 6.07) is 10.8. The lowest BCUT2D eigenvalue weighted by atomic mass is 9.68. The Bertz CT molecular complexity index is 1330. The third kappa shape index (κ3) is 7.05. The maximum atomic E-state index is 11.8. The molecular formula is C32H44N8O3. The highest BCUT2D eigenvalue weighted by Crippen LogP contribution is 2.41. The van der Waals surface area contributed by atoms with Crippen molar-refractivity contribution in [3.8, 4) is 0 Å². The molecule has 5 rings (SSSR count). The number of benzene rings is 1. The first-order valence-corrected chi connectivity index (χ1v) is 15.4. The Morgan fingerprint density at radius 1 is 1.12 bits per heavy atom. The number of carbonyl (C=O) groups is 1. The number of nitro groups is 1. The molecule has 1 amide bonds. The normalized spacial score (nSPS) is 26.1. The highest BCUT2D eigenvalue weighted by atomic mass is 16.6. The molecule has 1 aliphatic heterocycles. The number of anilines is 2. The van der Waals surface area contributed by atoms with Crippen LogP contribution in [0.2, 0.25) is 0 Å². The van der Waals surface area contributed by atoms with Gasteiger partial charge in [-0.05, 0) is 48.7 Å². The van der Waals surface area contributed by atoms with E-state index in [4.69, 9.17) is 5.73 Å². The lowest BCUT2D eigenvalue weighted by molar-refractivity contribution is -0.384. The van der Waals surface area contributed by atoms with Crippen LogP contribution in [-0.4, -0.2) is 82.5 Å². The zero-order valence-electron chi connectivity index (χ0n) is 25.2. The van der Waals surface area contributed by atoms with Gasteiger partial charge in [-0.1, -0.05) is 55.5 Å². The number of carbonyl (C=O) groups excluding carboxylic acids is 1. The molecule has 1 saturated heterocycles. The number of hydrogen-bond acceptors (Lipinski definition) is 9. The van der Waals surface area contributed by atoms with Crippen LogP contribution < -0.4 is 16.4 Å². The number of aromatic nitrogens is 2. The topological polar surface area (TPSA) is 143 Å². The first-order valence-electron chi connectivity index (χ1n) is 15.4. The SMILES string of the molecule is CC(=O)N1CCN(C2CCC(CNc3nc(NCC4(CN)C=CC=C(c5ccccc5)C4C)ncc3[N+](=O)[O-])CC2)CC1. The molecule has 230 valence electrons. The summed E-state index contributed by atoms with van der Waals surface area (Å²) in [5, 5.41) is 18.4. The maximum Gasteiger partial charge on any atom is 0.329 e. The number of amides is 1. The molecular weight excluding hydrogens is 544 g/mol. The molecule has 43 heavy (non-hydrogen) atoms. The number of nitrogens with two attached hydrogens (primary N) is 1. The third-order valence-corrected chi connectivity index (χ3v) is 9.71. The molecule has 2 aromatic rings. The Labute approximate surface area is 253 Å². The summed E-state index contributed by atoms with van der Waals surface area (Å²) in [6.07, 6.45) is 11.9. The Balaban J connectivity index is 1.18. The van der Waals surface area contributed by atoms with E-state index in [9.17, 15) is 14.9 Å². The van der Waals surface area contributed by atoms with Gasteiger partial charge in [0, 0.05) is 64.2 Å². The summed E-state index contributed by atoms with van der Waals surface area (Å²) >= 11 is 0. The molecule has 2 heterocycles. The fourth-order valence-electron chi connectivity index (χ4n) is 6.77. The van der Waals surface area contributed by atoms with E-state index in [0.29, 0.717) is 37.5 Å². The molecule has 2 aliphatic carbocycles. The summed E-state index contributed by atoms with van der Waals surface area (Å²) in [5.41, 5.74) is 8.24. The zero-order valence-corrected chi connectivity index (χ0v) is 25.2. The van der Waals surface area contributed by atoms with Gasteiger partial charge in [0.1, 0.15) is 6.20 Å². The van der Waals surface area contributed by atoms with Gasteiger partial charge in [-0.2, -0.15) is 4.98 Å². The first-order chi connectivity index (χ1) is 20.8. The number of piperazine rings is 1. The van der Waals surface area contributed by atoms with Gasteiger partial charge in [0.15, 0.2) is 0 Å². The van der Waals surface area contributed by atoms with E-state index >= 15 is 0 Å². The van der Waals surface area contributed by atoms with Gasteiger partial charge in [-0.25, -0.2) is 4.98 Å². The smallest absolute Gasteiger partial charge is 0.329 e. The van der Waals surface area contributed by atoms with Crippen LogP contribution in [0.25, 0.3) is 5.57 Å². The quantitative estimate of drug-likeness (QED) is 0.275. The first kappa shape index (κ1) is 30.6. The number of nitrogens with one attached hydrogen (secondary N) is 2. The van der Waals surface area contributed by atoms with E-state index in [0.717, 1.165) is 51.9 Å². The lowest BCUT2D eigenvalue weighted by Crippen LogP contribution is -2.52. The number of allylic oxidation sites excluding steroid dienone is 3. The molecule has 3 aliphatic rings. The number of rotatable bonds is 10. The van der Waals surface area contributed by atoms with Gasteiger partial charge in [0.2, 0.25) is 17.7 Å². The summed E-state index contributed by atoms with van der Waals surface area (Å²) in [5.74, 6) is 1.29. The predicted molar refractivity (Wildman–Crippen MR) is 169 cm³/mol. The van der Waals surface area contributed by atoms with Crippen LogP contribution in [0.15, 0.2) is 54.8 Å². The second-order valence-electron chi connectivity index (χ2n) is 12.1. The van der Waals surface area contributed by atoms with Crippen molar-refractivity contribution in [2.75, 3.05) is 56.4 Å². The van der Waals surface area contributed by atoms with E-state index in [2.05, 4.69) is 62.8 Å². The van der Waals surface area contributed by atoms with E-state index in [1.807, 2.05) is 23.1 Å². The predicted octanol–water partition coefficient (Wildman–Crippen LogP) is 4.17. The molecule has 4 N–H and O–H groups in total. The Morgan fingerprint density at radius 2 is 1.84 bits per heavy atom. The third-order valence-electron chi connectivity index (χ3n) is 9.71. The molecule has 11 nitrogen and oxygen atoms in total. The summed E-state index contributed by atoms with van der Waals surface area (Å²) < 4.78 is 0. The second-order valence-corrected chi connectivity index (χ2v) is 12.1. The van der Waals surface area contributed by atoms with Gasteiger partial charge < -0.3 is 21.3 Å². The molecule has 2 fully saturated rings. The van der Waals surface area contributed by atoms with Crippen molar-refractivity contribution in [1.29, 1.82) is 0 Å². The molecule has 11 heteroatoms. The van der Waals surface area contributed by atoms with Crippen LogP contribution in [0.5, 0.6) is 0 Å². The van der Waals surface area contributed by atoms with Crippen molar-refractivity contribution in [3.63, 3.8) is 0 Å². The van der Waals surface area contributed by atoms with Crippen molar-refractivity contribution in [2.45, 2.75) is 45.6 Å². The summed E-state index contributed by atoms with van der Waals surface area (Å²) in [6.45, 7) is 8.83. The lowest BCUT2D eigenvalue weighted by Gasteiger charge is -2.41.